The summed E-state index contributed by atoms with van der Waals surface area (Å²) in [4.78, 5) is 34.8. The average molecular weight is 354 g/mol. The minimum atomic E-state index is -0.186. The lowest BCUT2D eigenvalue weighted by Crippen LogP contribution is -2.35. The molecule has 1 aromatic carbocycles. The number of hydrogen-bond acceptors (Lipinski definition) is 4. The van der Waals surface area contributed by atoms with E-state index in [1.807, 2.05) is 38.1 Å². The summed E-state index contributed by atoms with van der Waals surface area (Å²) in [5.41, 5.74) is 2.97. The van der Waals surface area contributed by atoms with Crippen LogP contribution in [0.1, 0.15) is 47.9 Å². The first-order chi connectivity index (χ1) is 12.5. The Morgan fingerprint density at radius 3 is 2.38 bits per heavy atom. The molecule has 0 aliphatic carbocycles. The monoisotopic (exact) mass is 354 g/mol. The number of aryl methyl sites for hydroxylation is 2. The van der Waals surface area contributed by atoms with Crippen molar-refractivity contribution in [2.24, 2.45) is 0 Å². The molecule has 2 amide bonds. The molecule has 6 heteroatoms. The van der Waals surface area contributed by atoms with Crippen LogP contribution in [0.3, 0.4) is 0 Å². The van der Waals surface area contributed by atoms with E-state index < -0.39 is 0 Å². The number of unbranched alkanes of at least 4 members (excludes halogenated alkanes) is 1. The van der Waals surface area contributed by atoms with Gasteiger partial charge in [-0.15, -0.1) is 0 Å². The zero-order chi connectivity index (χ0) is 18.9. The second-order valence-electron chi connectivity index (χ2n) is 6.35. The number of amides is 2. The van der Waals surface area contributed by atoms with Gasteiger partial charge in [0.25, 0.3) is 5.91 Å². The number of carbonyl (C=O) groups excluding carboxylic acids is 2. The van der Waals surface area contributed by atoms with Gasteiger partial charge in [0.05, 0.1) is 11.9 Å². The van der Waals surface area contributed by atoms with Crippen LogP contribution in [0.4, 0.5) is 5.69 Å². The van der Waals surface area contributed by atoms with Crippen molar-refractivity contribution in [2.75, 3.05) is 18.4 Å². The Hall–Kier alpha value is -2.76. The molecular weight excluding hydrogens is 328 g/mol. The summed E-state index contributed by atoms with van der Waals surface area (Å²) in [7, 11) is 0. The lowest BCUT2D eigenvalue weighted by atomic mass is 10.2. The van der Waals surface area contributed by atoms with E-state index in [0.717, 1.165) is 29.8 Å². The molecule has 0 radical (unpaired) electrons. The number of hydrogen-bond donors (Lipinski definition) is 1. The number of rotatable bonds is 8. The van der Waals surface area contributed by atoms with Crippen molar-refractivity contribution >= 4 is 17.5 Å². The van der Waals surface area contributed by atoms with Gasteiger partial charge in [-0.2, -0.15) is 0 Å². The molecule has 2 aromatic rings. The van der Waals surface area contributed by atoms with Gasteiger partial charge in [-0.25, -0.2) is 4.98 Å². The molecular formula is C20H26N4O2. The molecule has 0 unspecified atom stereocenters. The van der Waals surface area contributed by atoms with E-state index in [-0.39, 0.29) is 18.2 Å². The van der Waals surface area contributed by atoms with E-state index >= 15 is 0 Å². The fourth-order valence-electron chi connectivity index (χ4n) is 2.43. The van der Waals surface area contributed by atoms with E-state index in [2.05, 4.69) is 22.2 Å². The fourth-order valence-corrected chi connectivity index (χ4v) is 2.43. The number of carbonyl (C=O) groups is 2. The van der Waals surface area contributed by atoms with Crippen molar-refractivity contribution in [3.63, 3.8) is 0 Å². The van der Waals surface area contributed by atoms with Crippen LogP contribution >= 0.6 is 0 Å². The Labute approximate surface area is 154 Å². The molecule has 0 aliphatic heterocycles. The number of nitrogens with one attached hydrogen (secondary N) is 1. The Balaban J connectivity index is 1.95. The third-order valence-electron chi connectivity index (χ3n) is 4.01. The highest BCUT2D eigenvalue weighted by Crippen LogP contribution is 2.10. The first-order valence-electron chi connectivity index (χ1n) is 8.94. The van der Waals surface area contributed by atoms with Gasteiger partial charge in [0.1, 0.15) is 5.69 Å². The van der Waals surface area contributed by atoms with Crippen LogP contribution in [0.25, 0.3) is 0 Å². The van der Waals surface area contributed by atoms with Crippen LogP contribution in [0.2, 0.25) is 0 Å². The molecule has 1 aromatic heterocycles. The summed E-state index contributed by atoms with van der Waals surface area (Å²) < 4.78 is 0. The zero-order valence-electron chi connectivity index (χ0n) is 15.7. The fraction of sp³-hybridized carbons (Fsp3) is 0.400. The van der Waals surface area contributed by atoms with Crippen molar-refractivity contribution in [1.82, 2.24) is 14.9 Å². The van der Waals surface area contributed by atoms with Crippen LogP contribution in [-0.4, -0.2) is 39.8 Å². The topological polar surface area (TPSA) is 75.2 Å². The normalized spacial score (nSPS) is 10.4. The predicted molar refractivity (Wildman–Crippen MR) is 102 cm³/mol. The highest BCUT2D eigenvalue weighted by Gasteiger charge is 2.18. The van der Waals surface area contributed by atoms with E-state index in [0.29, 0.717) is 18.8 Å². The second kappa shape index (κ2) is 9.65. The average Bonchev–Trinajstić information content (AvgIpc) is 2.64. The summed E-state index contributed by atoms with van der Waals surface area (Å²) in [6.07, 6.45) is 5.16. The molecule has 0 saturated carbocycles. The maximum absolute atomic E-state index is 12.7. The molecule has 0 saturated heterocycles. The summed E-state index contributed by atoms with van der Waals surface area (Å²) in [6, 6.07) is 7.63. The molecule has 138 valence electrons. The van der Waals surface area contributed by atoms with Crippen LogP contribution in [0.15, 0.2) is 36.7 Å². The highest BCUT2D eigenvalue weighted by atomic mass is 16.2. The van der Waals surface area contributed by atoms with Crippen molar-refractivity contribution in [1.29, 1.82) is 0 Å². The van der Waals surface area contributed by atoms with Gasteiger partial charge >= 0.3 is 0 Å². The third-order valence-corrected chi connectivity index (χ3v) is 4.01. The molecule has 1 N–H and O–H groups in total. The van der Waals surface area contributed by atoms with Crippen molar-refractivity contribution in [3.05, 3.63) is 53.6 Å². The molecule has 1 heterocycles. The molecule has 0 spiro atoms. The van der Waals surface area contributed by atoms with Gasteiger partial charge in [-0.05, 0) is 32.4 Å². The summed E-state index contributed by atoms with van der Waals surface area (Å²) in [5.74, 6) is -0.299. The largest absolute Gasteiger partial charge is 0.337 e. The lowest BCUT2D eigenvalue weighted by molar-refractivity contribution is -0.116. The molecule has 6 nitrogen and oxygen atoms in total. The van der Waals surface area contributed by atoms with E-state index in [9.17, 15) is 9.59 Å². The maximum Gasteiger partial charge on any atom is 0.274 e. The zero-order valence-corrected chi connectivity index (χ0v) is 15.7. The van der Waals surface area contributed by atoms with Crippen molar-refractivity contribution in [2.45, 2.75) is 40.0 Å². The second-order valence-corrected chi connectivity index (χ2v) is 6.35. The van der Waals surface area contributed by atoms with Crippen LogP contribution in [0, 0.1) is 13.8 Å². The van der Waals surface area contributed by atoms with E-state index in [1.165, 1.54) is 6.20 Å². The van der Waals surface area contributed by atoms with E-state index in [1.54, 1.807) is 11.1 Å². The first-order valence-corrected chi connectivity index (χ1v) is 8.94. The molecule has 26 heavy (non-hydrogen) atoms. The minimum absolute atomic E-state index is 0.113. The molecule has 0 atom stereocenters. The maximum atomic E-state index is 12.7. The summed E-state index contributed by atoms with van der Waals surface area (Å²) >= 11 is 0. The van der Waals surface area contributed by atoms with Crippen LogP contribution < -0.4 is 5.32 Å². The number of anilines is 1. The van der Waals surface area contributed by atoms with Gasteiger partial charge < -0.3 is 10.2 Å². The van der Waals surface area contributed by atoms with Gasteiger partial charge in [-0.3, -0.25) is 14.6 Å². The highest BCUT2D eigenvalue weighted by molar-refractivity contribution is 5.93. The summed E-state index contributed by atoms with van der Waals surface area (Å²) in [5, 5.41) is 2.86. The first kappa shape index (κ1) is 19.6. The Morgan fingerprint density at radius 1 is 1.04 bits per heavy atom. The number of aromatic nitrogens is 2. The number of benzene rings is 1. The van der Waals surface area contributed by atoms with Crippen LogP contribution in [-0.2, 0) is 4.79 Å². The smallest absolute Gasteiger partial charge is 0.274 e. The van der Waals surface area contributed by atoms with Gasteiger partial charge in [0, 0.05) is 31.4 Å². The van der Waals surface area contributed by atoms with Gasteiger partial charge in [0.15, 0.2) is 0 Å². The Kier molecular flexibility index (Phi) is 7.26. The van der Waals surface area contributed by atoms with Gasteiger partial charge in [0.2, 0.25) is 5.91 Å². The van der Waals surface area contributed by atoms with Gasteiger partial charge in [-0.1, -0.05) is 31.0 Å². The minimum Gasteiger partial charge on any atom is -0.337 e. The standard InChI is InChI=1S/C20H26N4O2/c1-4-5-11-24(20(26)18-14-21-16(3)13-22-18)12-10-19(25)23-17-8-6-15(2)7-9-17/h6-9,13-14H,4-5,10-12H2,1-3H3,(H,23,25). The quantitative estimate of drug-likeness (QED) is 0.789. The van der Waals surface area contributed by atoms with E-state index in [4.69, 9.17) is 0 Å². The van der Waals surface area contributed by atoms with Crippen LogP contribution in [0.5, 0.6) is 0 Å². The lowest BCUT2D eigenvalue weighted by Gasteiger charge is -2.22. The Morgan fingerprint density at radius 2 is 1.77 bits per heavy atom. The summed E-state index contributed by atoms with van der Waals surface area (Å²) in [6.45, 7) is 6.84. The number of nitrogens with zero attached hydrogens (tertiary/aromatic N) is 3. The molecule has 0 bridgehead atoms. The SMILES string of the molecule is CCCCN(CCC(=O)Nc1ccc(C)cc1)C(=O)c1cnc(C)cn1. The third kappa shape index (κ3) is 5.95. The molecule has 0 aliphatic rings. The molecule has 2 rings (SSSR count). The van der Waals surface area contributed by atoms with Crippen molar-refractivity contribution in [3.8, 4) is 0 Å². The van der Waals surface area contributed by atoms with Crippen molar-refractivity contribution < 1.29 is 9.59 Å². The molecule has 0 fully saturated rings. The Bertz CT molecular complexity index is 726. The predicted octanol–water partition coefficient (Wildman–Crippen LogP) is 3.36.